The molecule has 1 aromatic carbocycles. The number of carbonyl (C=O) groups excluding carboxylic acids is 1. The third-order valence-electron chi connectivity index (χ3n) is 2.71. The van der Waals surface area contributed by atoms with Gasteiger partial charge in [0.25, 0.3) is 0 Å². The van der Waals surface area contributed by atoms with Crippen molar-refractivity contribution in [3.63, 3.8) is 0 Å². The number of amides is 1. The van der Waals surface area contributed by atoms with Crippen LogP contribution in [0, 0.1) is 0 Å². The Hall–Kier alpha value is -1.56. The molecule has 0 unspecified atom stereocenters. The van der Waals surface area contributed by atoms with Crippen molar-refractivity contribution in [2.75, 3.05) is 0 Å². The standard InChI is InChI=1S/C13H16F3NO2/c1-12(2,19)6-5-8-3-4-9(13(14,15)16)7-10(8)11(17)18/h3-4,7,19H,5-6H2,1-2H3,(H2,17,18). The van der Waals surface area contributed by atoms with Crippen molar-refractivity contribution in [3.8, 4) is 0 Å². The van der Waals surface area contributed by atoms with Gasteiger partial charge in [0.2, 0.25) is 5.91 Å². The second-order valence-electron chi connectivity index (χ2n) is 5.05. The maximum absolute atomic E-state index is 12.5. The first-order valence-electron chi connectivity index (χ1n) is 5.73. The van der Waals surface area contributed by atoms with E-state index < -0.39 is 23.2 Å². The summed E-state index contributed by atoms with van der Waals surface area (Å²) in [7, 11) is 0. The molecule has 0 bridgehead atoms. The van der Waals surface area contributed by atoms with Crippen LogP contribution in [0.3, 0.4) is 0 Å². The van der Waals surface area contributed by atoms with Crippen LogP contribution < -0.4 is 5.73 Å². The number of hydrogen-bond acceptors (Lipinski definition) is 2. The molecule has 0 saturated carbocycles. The Bertz CT molecular complexity index is 476. The largest absolute Gasteiger partial charge is 0.416 e. The van der Waals surface area contributed by atoms with Gasteiger partial charge < -0.3 is 10.8 Å². The van der Waals surface area contributed by atoms with Crippen molar-refractivity contribution in [1.29, 1.82) is 0 Å². The maximum Gasteiger partial charge on any atom is 0.416 e. The fourth-order valence-electron chi connectivity index (χ4n) is 1.64. The number of aliphatic hydroxyl groups is 1. The van der Waals surface area contributed by atoms with Crippen molar-refractivity contribution in [3.05, 3.63) is 34.9 Å². The van der Waals surface area contributed by atoms with E-state index in [2.05, 4.69) is 0 Å². The van der Waals surface area contributed by atoms with Gasteiger partial charge in [0.1, 0.15) is 0 Å². The van der Waals surface area contributed by atoms with E-state index in [0.717, 1.165) is 12.1 Å². The van der Waals surface area contributed by atoms with Gasteiger partial charge in [-0.3, -0.25) is 4.79 Å². The van der Waals surface area contributed by atoms with Gasteiger partial charge in [0.15, 0.2) is 0 Å². The molecule has 1 aromatic rings. The highest BCUT2D eigenvalue weighted by Gasteiger charge is 2.31. The Labute approximate surface area is 109 Å². The summed E-state index contributed by atoms with van der Waals surface area (Å²) in [5.41, 5.74) is 3.48. The lowest BCUT2D eigenvalue weighted by Crippen LogP contribution is -2.21. The lowest BCUT2D eigenvalue weighted by molar-refractivity contribution is -0.137. The molecule has 0 radical (unpaired) electrons. The summed E-state index contributed by atoms with van der Waals surface area (Å²) in [6, 6.07) is 2.89. The number of aryl methyl sites for hydroxylation is 1. The van der Waals surface area contributed by atoms with Crippen LogP contribution >= 0.6 is 0 Å². The molecule has 0 atom stereocenters. The summed E-state index contributed by atoms with van der Waals surface area (Å²) >= 11 is 0. The van der Waals surface area contributed by atoms with Crippen LogP contribution in [-0.2, 0) is 12.6 Å². The Morgan fingerprint density at radius 2 is 1.89 bits per heavy atom. The van der Waals surface area contributed by atoms with Gasteiger partial charge in [-0.1, -0.05) is 6.07 Å². The van der Waals surface area contributed by atoms with Gasteiger partial charge in [-0.25, -0.2) is 0 Å². The highest BCUT2D eigenvalue weighted by atomic mass is 19.4. The maximum atomic E-state index is 12.5. The zero-order valence-electron chi connectivity index (χ0n) is 10.7. The van der Waals surface area contributed by atoms with Crippen LogP contribution in [0.25, 0.3) is 0 Å². The molecular formula is C13H16F3NO2. The van der Waals surface area contributed by atoms with Gasteiger partial charge in [0.05, 0.1) is 11.2 Å². The second kappa shape index (κ2) is 5.21. The van der Waals surface area contributed by atoms with Crippen LogP contribution in [0.5, 0.6) is 0 Å². The molecule has 0 spiro atoms. The van der Waals surface area contributed by atoms with Crippen LogP contribution in [-0.4, -0.2) is 16.6 Å². The predicted molar refractivity (Wildman–Crippen MR) is 64.6 cm³/mol. The SMILES string of the molecule is CC(C)(O)CCc1ccc(C(F)(F)F)cc1C(N)=O. The van der Waals surface area contributed by atoms with E-state index in [1.54, 1.807) is 13.8 Å². The number of alkyl halides is 3. The van der Waals surface area contributed by atoms with Gasteiger partial charge in [-0.2, -0.15) is 13.2 Å². The summed E-state index contributed by atoms with van der Waals surface area (Å²) in [5.74, 6) is -0.906. The number of primary amides is 1. The molecule has 0 aliphatic rings. The molecule has 19 heavy (non-hydrogen) atoms. The first-order chi connectivity index (χ1) is 8.50. The molecule has 106 valence electrons. The lowest BCUT2D eigenvalue weighted by atomic mass is 9.94. The average molecular weight is 275 g/mol. The number of nitrogens with two attached hydrogens (primary N) is 1. The number of benzene rings is 1. The number of hydrogen-bond donors (Lipinski definition) is 2. The Morgan fingerprint density at radius 3 is 2.32 bits per heavy atom. The van der Waals surface area contributed by atoms with Gasteiger partial charge in [-0.05, 0) is 44.4 Å². The third-order valence-corrected chi connectivity index (χ3v) is 2.71. The van der Waals surface area contributed by atoms with Gasteiger partial charge in [-0.15, -0.1) is 0 Å². The monoisotopic (exact) mass is 275 g/mol. The van der Waals surface area contributed by atoms with Crippen LogP contribution in [0.1, 0.15) is 41.8 Å². The minimum atomic E-state index is -4.51. The van der Waals surface area contributed by atoms with Crippen molar-refractivity contribution < 1.29 is 23.1 Å². The van der Waals surface area contributed by atoms with E-state index in [9.17, 15) is 23.1 Å². The summed E-state index contributed by atoms with van der Waals surface area (Å²) < 4.78 is 37.6. The van der Waals surface area contributed by atoms with E-state index in [1.165, 1.54) is 6.07 Å². The Kier molecular flexibility index (Phi) is 4.25. The summed E-state index contributed by atoms with van der Waals surface area (Å²) in [6.45, 7) is 3.17. The van der Waals surface area contributed by atoms with Crippen molar-refractivity contribution in [2.45, 2.75) is 38.5 Å². The fraction of sp³-hybridized carbons (Fsp3) is 0.462. The second-order valence-corrected chi connectivity index (χ2v) is 5.05. The molecular weight excluding hydrogens is 259 g/mol. The van der Waals surface area contributed by atoms with E-state index in [0.29, 0.717) is 12.0 Å². The number of carbonyl (C=O) groups is 1. The highest BCUT2D eigenvalue weighted by molar-refractivity contribution is 5.94. The minimum Gasteiger partial charge on any atom is -0.390 e. The van der Waals surface area contributed by atoms with E-state index in [1.807, 2.05) is 0 Å². The highest BCUT2D eigenvalue weighted by Crippen LogP contribution is 2.31. The topological polar surface area (TPSA) is 63.3 Å². The number of halogens is 3. The van der Waals surface area contributed by atoms with Crippen LogP contribution in [0.15, 0.2) is 18.2 Å². The first kappa shape index (κ1) is 15.5. The van der Waals surface area contributed by atoms with Crippen LogP contribution in [0.4, 0.5) is 13.2 Å². The van der Waals surface area contributed by atoms with Crippen molar-refractivity contribution >= 4 is 5.91 Å². The Morgan fingerprint density at radius 1 is 1.32 bits per heavy atom. The van der Waals surface area contributed by atoms with Crippen molar-refractivity contribution in [2.24, 2.45) is 5.73 Å². The molecule has 0 aliphatic heterocycles. The first-order valence-corrected chi connectivity index (χ1v) is 5.73. The molecule has 3 N–H and O–H groups in total. The number of rotatable bonds is 4. The average Bonchev–Trinajstić information content (AvgIpc) is 2.23. The molecule has 6 heteroatoms. The molecule has 3 nitrogen and oxygen atoms in total. The molecule has 1 rings (SSSR count). The smallest absolute Gasteiger partial charge is 0.390 e. The fourth-order valence-corrected chi connectivity index (χ4v) is 1.64. The molecule has 1 amide bonds. The lowest BCUT2D eigenvalue weighted by Gasteiger charge is -2.18. The summed E-state index contributed by atoms with van der Waals surface area (Å²) in [5, 5.41) is 9.60. The molecule has 0 heterocycles. The summed E-state index contributed by atoms with van der Waals surface area (Å²) in [4.78, 5) is 11.2. The van der Waals surface area contributed by atoms with E-state index in [-0.39, 0.29) is 12.0 Å². The van der Waals surface area contributed by atoms with Gasteiger partial charge in [0, 0.05) is 5.56 Å². The zero-order chi connectivity index (χ0) is 14.8. The minimum absolute atomic E-state index is 0.154. The summed E-state index contributed by atoms with van der Waals surface area (Å²) in [6.07, 6.45) is -3.92. The van der Waals surface area contributed by atoms with Gasteiger partial charge >= 0.3 is 6.18 Å². The van der Waals surface area contributed by atoms with E-state index in [4.69, 9.17) is 5.73 Å². The van der Waals surface area contributed by atoms with Crippen molar-refractivity contribution in [1.82, 2.24) is 0 Å². The predicted octanol–water partition coefficient (Wildman–Crippen LogP) is 2.51. The normalized spacial score (nSPS) is 12.5. The zero-order valence-corrected chi connectivity index (χ0v) is 10.7. The molecule has 0 aliphatic carbocycles. The Balaban J connectivity index is 3.09. The van der Waals surface area contributed by atoms with Crippen LogP contribution in [0.2, 0.25) is 0 Å². The third kappa shape index (κ3) is 4.55. The molecule has 0 saturated heterocycles. The quantitative estimate of drug-likeness (QED) is 0.886. The van der Waals surface area contributed by atoms with E-state index >= 15 is 0 Å². The molecule has 0 aromatic heterocycles. The molecule has 0 fully saturated rings.